The van der Waals surface area contributed by atoms with E-state index in [1.54, 1.807) is 0 Å². The molecule has 0 aliphatic heterocycles. The number of rotatable bonds is 8. The van der Waals surface area contributed by atoms with E-state index in [2.05, 4.69) is 50.4 Å². The maximum atomic E-state index is 6.03. The largest absolute Gasteiger partial charge is 0.493 e. The van der Waals surface area contributed by atoms with E-state index in [1.165, 1.54) is 18.4 Å². The zero-order chi connectivity index (χ0) is 13.7. The Bertz CT molecular complexity index is 387. The smallest absolute Gasteiger partial charge is 0.122 e. The molecule has 0 spiro atoms. The average Bonchev–Trinajstić information content (AvgIpc) is 3.26. The van der Waals surface area contributed by atoms with Crippen molar-refractivity contribution in [1.29, 1.82) is 0 Å². The second-order valence-corrected chi connectivity index (χ2v) is 5.95. The lowest BCUT2D eigenvalue weighted by atomic mass is 9.98. The van der Waals surface area contributed by atoms with Gasteiger partial charge in [-0.05, 0) is 36.8 Å². The number of para-hydroxylation sites is 1. The van der Waals surface area contributed by atoms with Gasteiger partial charge in [0.15, 0.2) is 0 Å². The summed E-state index contributed by atoms with van der Waals surface area (Å²) in [5.41, 5.74) is 1.34. The molecule has 1 aliphatic rings. The van der Waals surface area contributed by atoms with E-state index < -0.39 is 0 Å². The van der Waals surface area contributed by atoms with Crippen molar-refractivity contribution in [2.75, 3.05) is 13.2 Å². The van der Waals surface area contributed by atoms with Crippen LogP contribution in [0, 0.1) is 5.92 Å². The molecule has 2 unspecified atom stereocenters. The molecule has 1 aromatic carbocycles. The third kappa shape index (κ3) is 4.54. The Kier molecular flexibility index (Phi) is 5.26. The SMILES string of the molecule is CCC(C)c1ccccc1OCC(C)CNC1CC1. The van der Waals surface area contributed by atoms with Gasteiger partial charge in [0.2, 0.25) is 0 Å². The Balaban J connectivity index is 1.83. The molecule has 0 bridgehead atoms. The molecule has 19 heavy (non-hydrogen) atoms. The van der Waals surface area contributed by atoms with Gasteiger partial charge in [0.05, 0.1) is 6.61 Å². The van der Waals surface area contributed by atoms with Crippen LogP contribution in [0.1, 0.15) is 51.5 Å². The van der Waals surface area contributed by atoms with Gasteiger partial charge < -0.3 is 10.1 Å². The van der Waals surface area contributed by atoms with Gasteiger partial charge in [0.25, 0.3) is 0 Å². The van der Waals surface area contributed by atoms with Gasteiger partial charge in [-0.2, -0.15) is 0 Å². The molecular weight excluding hydrogens is 234 g/mol. The summed E-state index contributed by atoms with van der Waals surface area (Å²) in [6.45, 7) is 8.61. The maximum absolute atomic E-state index is 6.03. The van der Waals surface area contributed by atoms with Crippen LogP contribution in [0.15, 0.2) is 24.3 Å². The minimum Gasteiger partial charge on any atom is -0.493 e. The van der Waals surface area contributed by atoms with Crippen molar-refractivity contribution < 1.29 is 4.74 Å². The Morgan fingerprint density at radius 2 is 2.00 bits per heavy atom. The molecule has 106 valence electrons. The summed E-state index contributed by atoms with van der Waals surface area (Å²) in [4.78, 5) is 0. The first kappa shape index (κ1) is 14.4. The third-order valence-corrected chi connectivity index (χ3v) is 3.92. The molecule has 0 radical (unpaired) electrons. The van der Waals surface area contributed by atoms with Crippen LogP contribution in [-0.4, -0.2) is 19.2 Å². The Hall–Kier alpha value is -1.02. The Morgan fingerprint density at radius 1 is 1.26 bits per heavy atom. The first-order chi connectivity index (χ1) is 9.20. The lowest BCUT2D eigenvalue weighted by Gasteiger charge is -2.18. The molecule has 0 amide bonds. The lowest BCUT2D eigenvalue weighted by molar-refractivity contribution is 0.252. The summed E-state index contributed by atoms with van der Waals surface area (Å²) in [5, 5.41) is 3.56. The van der Waals surface area contributed by atoms with Crippen LogP contribution in [0.3, 0.4) is 0 Å². The molecule has 1 fully saturated rings. The van der Waals surface area contributed by atoms with E-state index in [1.807, 2.05) is 0 Å². The quantitative estimate of drug-likeness (QED) is 0.764. The molecule has 0 saturated heterocycles. The van der Waals surface area contributed by atoms with Gasteiger partial charge in [-0.15, -0.1) is 0 Å². The molecule has 2 rings (SSSR count). The number of hydrogen-bond donors (Lipinski definition) is 1. The van der Waals surface area contributed by atoms with Gasteiger partial charge in [0, 0.05) is 18.5 Å². The first-order valence-corrected chi connectivity index (χ1v) is 7.65. The molecule has 1 N–H and O–H groups in total. The Labute approximate surface area is 117 Å². The summed E-state index contributed by atoms with van der Waals surface area (Å²) in [5.74, 6) is 2.19. The highest BCUT2D eigenvalue weighted by atomic mass is 16.5. The average molecular weight is 261 g/mol. The summed E-state index contributed by atoms with van der Waals surface area (Å²) in [7, 11) is 0. The van der Waals surface area contributed by atoms with Crippen LogP contribution >= 0.6 is 0 Å². The number of ether oxygens (including phenoxy) is 1. The molecule has 0 aromatic heterocycles. The van der Waals surface area contributed by atoms with E-state index in [0.29, 0.717) is 11.8 Å². The van der Waals surface area contributed by atoms with Gasteiger partial charge in [0.1, 0.15) is 5.75 Å². The van der Waals surface area contributed by atoms with Crippen LogP contribution in [0.5, 0.6) is 5.75 Å². The van der Waals surface area contributed by atoms with Crippen molar-refractivity contribution in [2.45, 2.75) is 52.0 Å². The van der Waals surface area contributed by atoms with Gasteiger partial charge in [-0.3, -0.25) is 0 Å². The van der Waals surface area contributed by atoms with E-state index in [-0.39, 0.29) is 0 Å². The fraction of sp³-hybridized carbons (Fsp3) is 0.647. The normalized spacial score (nSPS) is 18.1. The standard InChI is InChI=1S/C17H27NO/c1-4-14(3)16-7-5-6-8-17(16)19-12-13(2)11-18-15-9-10-15/h5-8,13-15,18H,4,9-12H2,1-3H3. The number of nitrogens with one attached hydrogen (secondary N) is 1. The summed E-state index contributed by atoms with van der Waals surface area (Å²) in [6.07, 6.45) is 3.86. The maximum Gasteiger partial charge on any atom is 0.122 e. The lowest BCUT2D eigenvalue weighted by Crippen LogP contribution is -2.26. The fourth-order valence-corrected chi connectivity index (χ4v) is 2.19. The highest BCUT2D eigenvalue weighted by Gasteiger charge is 2.21. The summed E-state index contributed by atoms with van der Waals surface area (Å²) in [6, 6.07) is 9.25. The van der Waals surface area contributed by atoms with Crippen molar-refractivity contribution in [3.63, 3.8) is 0 Å². The van der Waals surface area contributed by atoms with Crippen molar-refractivity contribution >= 4 is 0 Å². The molecule has 0 heterocycles. The molecule has 2 heteroatoms. The van der Waals surface area contributed by atoms with Crippen LogP contribution in [-0.2, 0) is 0 Å². The molecule has 1 aliphatic carbocycles. The highest BCUT2D eigenvalue weighted by molar-refractivity contribution is 5.35. The minimum absolute atomic E-state index is 0.561. The van der Waals surface area contributed by atoms with Crippen molar-refractivity contribution in [3.8, 4) is 5.75 Å². The fourth-order valence-electron chi connectivity index (χ4n) is 2.19. The van der Waals surface area contributed by atoms with Crippen molar-refractivity contribution in [2.24, 2.45) is 5.92 Å². The zero-order valence-electron chi connectivity index (χ0n) is 12.5. The van der Waals surface area contributed by atoms with Crippen molar-refractivity contribution in [1.82, 2.24) is 5.32 Å². The highest BCUT2D eigenvalue weighted by Crippen LogP contribution is 2.28. The first-order valence-electron chi connectivity index (χ1n) is 7.65. The molecular formula is C17H27NO. The predicted octanol–water partition coefficient (Wildman–Crippen LogP) is 3.97. The van der Waals surface area contributed by atoms with Crippen LogP contribution in [0.4, 0.5) is 0 Å². The van der Waals surface area contributed by atoms with Crippen LogP contribution in [0.25, 0.3) is 0 Å². The van der Waals surface area contributed by atoms with E-state index >= 15 is 0 Å². The third-order valence-electron chi connectivity index (χ3n) is 3.92. The van der Waals surface area contributed by atoms with E-state index in [0.717, 1.165) is 31.4 Å². The second kappa shape index (κ2) is 6.95. The minimum atomic E-state index is 0.561. The number of benzene rings is 1. The topological polar surface area (TPSA) is 21.3 Å². The zero-order valence-corrected chi connectivity index (χ0v) is 12.5. The van der Waals surface area contributed by atoms with Crippen LogP contribution < -0.4 is 10.1 Å². The van der Waals surface area contributed by atoms with Gasteiger partial charge in [-0.1, -0.05) is 39.0 Å². The van der Waals surface area contributed by atoms with Crippen molar-refractivity contribution in [3.05, 3.63) is 29.8 Å². The monoisotopic (exact) mass is 261 g/mol. The molecule has 1 saturated carbocycles. The van der Waals surface area contributed by atoms with Gasteiger partial charge >= 0.3 is 0 Å². The molecule has 2 atom stereocenters. The molecule has 1 aromatic rings. The predicted molar refractivity (Wildman–Crippen MR) is 80.8 cm³/mol. The molecule has 2 nitrogen and oxygen atoms in total. The number of hydrogen-bond acceptors (Lipinski definition) is 2. The second-order valence-electron chi connectivity index (χ2n) is 5.95. The van der Waals surface area contributed by atoms with Gasteiger partial charge in [-0.25, -0.2) is 0 Å². The summed E-state index contributed by atoms with van der Waals surface area (Å²) < 4.78 is 6.03. The Morgan fingerprint density at radius 3 is 2.68 bits per heavy atom. The van der Waals surface area contributed by atoms with Crippen LogP contribution in [0.2, 0.25) is 0 Å². The van der Waals surface area contributed by atoms with E-state index in [4.69, 9.17) is 4.74 Å². The van der Waals surface area contributed by atoms with E-state index in [9.17, 15) is 0 Å². The summed E-state index contributed by atoms with van der Waals surface area (Å²) >= 11 is 0.